The van der Waals surface area contributed by atoms with Crippen LogP contribution in [0.25, 0.3) is 0 Å². The minimum absolute atomic E-state index is 0.0421. The van der Waals surface area contributed by atoms with Gasteiger partial charge in [-0.15, -0.1) is 0 Å². The number of ether oxygens (including phenoxy) is 1. The van der Waals surface area contributed by atoms with Crippen molar-refractivity contribution in [1.29, 1.82) is 0 Å². The molecule has 0 aromatic carbocycles. The Labute approximate surface area is 341 Å². The number of carbonyl (C=O) groups is 2. The second kappa shape index (κ2) is 44.8. The summed E-state index contributed by atoms with van der Waals surface area (Å²) < 4.78 is 5.43. The number of amides is 1. The molecule has 0 saturated heterocycles. The van der Waals surface area contributed by atoms with Crippen LogP contribution in [0, 0.1) is 0 Å². The number of unbranched alkanes of at least 4 members (excludes halogenated alkanes) is 28. The average molecular weight is 774 g/mol. The van der Waals surface area contributed by atoms with Crippen LogP contribution in [-0.4, -0.2) is 47.4 Å². The fourth-order valence-electron chi connectivity index (χ4n) is 6.95. The predicted molar refractivity (Wildman–Crippen MR) is 236 cm³/mol. The Hall–Kier alpha value is -1.92. The molecule has 2 atom stereocenters. The smallest absolute Gasteiger partial charge is 0.305 e. The summed E-state index contributed by atoms with van der Waals surface area (Å²) in [5, 5.41) is 23.0. The van der Waals surface area contributed by atoms with E-state index in [0.717, 1.165) is 70.6 Å². The molecule has 0 aromatic heterocycles. The van der Waals surface area contributed by atoms with Gasteiger partial charge in [-0.3, -0.25) is 9.59 Å². The number of carbonyl (C=O) groups excluding carboxylic acids is 2. The lowest BCUT2D eigenvalue weighted by molar-refractivity contribution is -0.143. The fourth-order valence-corrected chi connectivity index (χ4v) is 6.95. The fraction of sp³-hybridized carbons (Fsp3) is 0.837. The van der Waals surface area contributed by atoms with Crippen LogP contribution in [0.1, 0.15) is 239 Å². The summed E-state index contributed by atoms with van der Waals surface area (Å²) in [4.78, 5) is 24.4. The summed E-state index contributed by atoms with van der Waals surface area (Å²) in [6.45, 7) is 4.79. The molecule has 0 aliphatic carbocycles. The monoisotopic (exact) mass is 774 g/mol. The molecular formula is C49H91NO5. The van der Waals surface area contributed by atoms with Gasteiger partial charge in [-0.25, -0.2) is 0 Å². The van der Waals surface area contributed by atoms with Gasteiger partial charge in [0.2, 0.25) is 5.91 Å². The highest BCUT2D eigenvalue weighted by molar-refractivity contribution is 5.76. The molecule has 6 heteroatoms. The Morgan fingerprint density at radius 1 is 0.509 bits per heavy atom. The second-order valence-corrected chi connectivity index (χ2v) is 16.1. The van der Waals surface area contributed by atoms with E-state index in [1.165, 1.54) is 141 Å². The summed E-state index contributed by atoms with van der Waals surface area (Å²) >= 11 is 0. The molecule has 322 valence electrons. The van der Waals surface area contributed by atoms with Crippen molar-refractivity contribution in [3.63, 3.8) is 0 Å². The third kappa shape index (κ3) is 41.5. The van der Waals surface area contributed by atoms with E-state index in [1.54, 1.807) is 6.08 Å². The van der Waals surface area contributed by atoms with E-state index in [9.17, 15) is 19.8 Å². The molecule has 0 aromatic rings. The zero-order chi connectivity index (χ0) is 40.1. The lowest BCUT2D eigenvalue weighted by Crippen LogP contribution is -2.45. The number of aliphatic hydroxyl groups is 2. The highest BCUT2D eigenvalue weighted by atomic mass is 16.5. The first-order chi connectivity index (χ1) is 27.0. The van der Waals surface area contributed by atoms with E-state index >= 15 is 0 Å². The van der Waals surface area contributed by atoms with Crippen molar-refractivity contribution in [3.8, 4) is 0 Å². The Kier molecular flexibility index (Phi) is 43.2. The molecule has 0 heterocycles. The number of nitrogens with one attached hydrogen (secondary N) is 1. The van der Waals surface area contributed by atoms with Crippen molar-refractivity contribution in [3.05, 3.63) is 36.5 Å². The molecule has 3 N–H and O–H groups in total. The highest BCUT2D eigenvalue weighted by Crippen LogP contribution is 2.14. The van der Waals surface area contributed by atoms with E-state index in [4.69, 9.17) is 4.74 Å². The Morgan fingerprint density at radius 3 is 1.42 bits per heavy atom. The van der Waals surface area contributed by atoms with E-state index in [-0.39, 0.29) is 18.5 Å². The van der Waals surface area contributed by atoms with Crippen LogP contribution in [0.15, 0.2) is 36.5 Å². The van der Waals surface area contributed by atoms with Gasteiger partial charge in [0.15, 0.2) is 0 Å². The predicted octanol–water partition coefficient (Wildman–Crippen LogP) is 13.7. The van der Waals surface area contributed by atoms with E-state index in [1.807, 2.05) is 6.08 Å². The molecule has 1 amide bonds. The first kappa shape index (κ1) is 53.1. The Bertz CT molecular complexity index is 900. The number of hydrogen-bond donors (Lipinski definition) is 3. The SMILES string of the molecule is CCCCC/C=C\C/C=C\CCCCCCCC(=O)OCCCCCCCCCCCC(=O)NC(CO)C(O)/C=C/CCCCCCCCCCCCCC. The molecule has 0 spiro atoms. The first-order valence-electron chi connectivity index (χ1n) is 23.8. The molecule has 2 unspecified atom stereocenters. The van der Waals surface area contributed by atoms with Crippen molar-refractivity contribution in [2.75, 3.05) is 13.2 Å². The molecule has 0 saturated carbocycles. The van der Waals surface area contributed by atoms with Crippen molar-refractivity contribution >= 4 is 11.9 Å². The Morgan fingerprint density at radius 2 is 0.909 bits per heavy atom. The summed E-state index contributed by atoms with van der Waals surface area (Å²) in [6, 6.07) is -0.648. The van der Waals surface area contributed by atoms with Gasteiger partial charge in [-0.05, 0) is 64.2 Å². The largest absolute Gasteiger partial charge is 0.466 e. The lowest BCUT2D eigenvalue weighted by atomic mass is 10.0. The highest BCUT2D eigenvalue weighted by Gasteiger charge is 2.18. The summed E-state index contributed by atoms with van der Waals surface area (Å²) in [7, 11) is 0. The molecule has 0 bridgehead atoms. The van der Waals surface area contributed by atoms with Crippen molar-refractivity contribution in [1.82, 2.24) is 5.32 Å². The standard InChI is InChI=1S/C49H91NO5/c1-3-5-7-9-11-13-15-17-19-21-23-27-31-35-39-43-49(54)55-44-40-36-32-28-24-26-30-34-38-42-48(53)50-46(45-51)47(52)41-37-33-29-25-22-20-18-16-14-12-10-8-6-4-2/h11,13,17,19,37,41,46-47,51-52H,3-10,12,14-16,18,20-36,38-40,42-45H2,1-2H3,(H,50,53)/b13-11-,19-17-,41-37+. The van der Waals surface area contributed by atoms with Gasteiger partial charge >= 0.3 is 5.97 Å². The van der Waals surface area contributed by atoms with Gasteiger partial charge in [0, 0.05) is 12.8 Å². The average Bonchev–Trinajstić information content (AvgIpc) is 3.18. The van der Waals surface area contributed by atoms with Gasteiger partial charge in [0.25, 0.3) is 0 Å². The van der Waals surface area contributed by atoms with Crippen LogP contribution in [0.5, 0.6) is 0 Å². The maximum Gasteiger partial charge on any atom is 0.305 e. The van der Waals surface area contributed by atoms with E-state index < -0.39 is 12.1 Å². The summed E-state index contributed by atoms with van der Waals surface area (Å²) in [5.41, 5.74) is 0. The number of hydrogen-bond acceptors (Lipinski definition) is 5. The molecule has 0 aliphatic rings. The third-order valence-electron chi connectivity index (χ3n) is 10.7. The molecule has 0 rings (SSSR count). The topological polar surface area (TPSA) is 95.9 Å². The van der Waals surface area contributed by atoms with Gasteiger partial charge in [0.05, 0.1) is 25.4 Å². The maximum absolute atomic E-state index is 12.4. The zero-order valence-electron chi connectivity index (χ0n) is 36.4. The summed E-state index contributed by atoms with van der Waals surface area (Å²) in [5.74, 6) is -0.140. The van der Waals surface area contributed by atoms with Gasteiger partial charge in [0.1, 0.15) is 0 Å². The zero-order valence-corrected chi connectivity index (χ0v) is 36.4. The number of allylic oxidation sites excluding steroid dienone is 5. The minimum Gasteiger partial charge on any atom is -0.466 e. The normalized spacial score (nSPS) is 13.0. The van der Waals surface area contributed by atoms with Crippen LogP contribution in [0.2, 0.25) is 0 Å². The number of rotatable bonds is 43. The maximum atomic E-state index is 12.4. The minimum atomic E-state index is -0.862. The lowest BCUT2D eigenvalue weighted by Gasteiger charge is -2.20. The van der Waals surface area contributed by atoms with Crippen molar-refractivity contribution in [2.24, 2.45) is 0 Å². The molecule has 6 nitrogen and oxygen atoms in total. The van der Waals surface area contributed by atoms with Crippen LogP contribution < -0.4 is 5.32 Å². The third-order valence-corrected chi connectivity index (χ3v) is 10.7. The van der Waals surface area contributed by atoms with Crippen LogP contribution in [-0.2, 0) is 14.3 Å². The first-order valence-corrected chi connectivity index (χ1v) is 23.8. The molecule has 0 aliphatic heterocycles. The van der Waals surface area contributed by atoms with Crippen LogP contribution in [0.4, 0.5) is 0 Å². The van der Waals surface area contributed by atoms with Crippen LogP contribution in [0.3, 0.4) is 0 Å². The molecular weight excluding hydrogens is 683 g/mol. The number of aliphatic hydroxyl groups excluding tert-OH is 2. The molecule has 0 radical (unpaired) electrons. The second-order valence-electron chi connectivity index (χ2n) is 16.1. The van der Waals surface area contributed by atoms with E-state index in [0.29, 0.717) is 19.4 Å². The van der Waals surface area contributed by atoms with Gasteiger partial charge < -0.3 is 20.3 Å². The van der Waals surface area contributed by atoms with Crippen LogP contribution >= 0.6 is 0 Å². The van der Waals surface area contributed by atoms with Gasteiger partial charge in [-0.2, -0.15) is 0 Å². The molecule has 55 heavy (non-hydrogen) atoms. The van der Waals surface area contributed by atoms with E-state index in [2.05, 4.69) is 43.5 Å². The quantitative estimate of drug-likeness (QED) is 0.0326. The Balaban J connectivity index is 3.55. The van der Waals surface area contributed by atoms with Gasteiger partial charge in [-0.1, -0.05) is 198 Å². The van der Waals surface area contributed by atoms with Crippen molar-refractivity contribution < 1.29 is 24.5 Å². The van der Waals surface area contributed by atoms with Crippen molar-refractivity contribution in [2.45, 2.75) is 251 Å². The molecule has 0 fully saturated rings. The number of esters is 1. The summed E-state index contributed by atoms with van der Waals surface area (Å²) in [6.07, 6.45) is 52.7.